The fourth-order valence-corrected chi connectivity index (χ4v) is 3.20. The number of aromatic nitrogens is 1. The first-order valence-electron chi connectivity index (χ1n) is 7.00. The Morgan fingerprint density at radius 3 is 2.58 bits per heavy atom. The number of amides is 1. The molecule has 0 spiro atoms. The molecular weight excluding hydrogens is 308 g/mol. The molecule has 2 saturated carbocycles. The molecule has 104 valence electrons. The second-order valence-corrected chi connectivity index (χ2v) is 6.58. The van der Waals surface area contributed by atoms with Crippen molar-refractivity contribution < 1.29 is 9.90 Å². The largest absolute Gasteiger partial charge is 0.393 e. The average Bonchev–Trinajstić information content (AvgIpc) is 3.15. The van der Waals surface area contributed by atoms with Crippen LogP contribution in [-0.4, -0.2) is 27.7 Å². The molecule has 19 heavy (non-hydrogen) atoms. The Balaban J connectivity index is 1.66. The van der Waals surface area contributed by atoms with Gasteiger partial charge >= 0.3 is 0 Å². The number of nitrogens with one attached hydrogen (secondary N) is 1. The van der Waals surface area contributed by atoms with Crippen molar-refractivity contribution in [2.24, 2.45) is 0 Å². The van der Waals surface area contributed by atoms with Crippen molar-refractivity contribution >= 4 is 21.8 Å². The lowest BCUT2D eigenvalue weighted by Gasteiger charge is -2.26. The van der Waals surface area contributed by atoms with E-state index in [9.17, 15) is 9.90 Å². The highest BCUT2D eigenvalue weighted by Gasteiger charge is 2.29. The van der Waals surface area contributed by atoms with E-state index in [4.69, 9.17) is 0 Å². The Kier molecular flexibility index (Phi) is 3.67. The molecule has 0 aliphatic heterocycles. The van der Waals surface area contributed by atoms with E-state index in [1.807, 2.05) is 12.3 Å². The Labute approximate surface area is 121 Å². The zero-order valence-electron chi connectivity index (χ0n) is 10.8. The normalized spacial score (nSPS) is 27.3. The average molecular weight is 327 g/mol. The first-order valence-corrected chi connectivity index (χ1v) is 7.79. The van der Waals surface area contributed by atoms with Crippen molar-refractivity contribution in [1.29, 1.82) is 0 Å². The van der Waals surface area contributed by atoms with Gasteiger partial charge in [-0.1, -0.05) is 0 Å². The second kappa shape index (κ2) is 5.29. The molecule has 1 aromatic rings. The Hall–Kier alpha value is -0.810. The highest BCUT2D eigenvalue weighted by molar-refractivity contribution is 9.10. The van der Waals surface area contributed by atoms with E-state index in [-0.39, 0.29) is 18.1 Å². The van der Waals surface area contributed by atoms with E-state index >= 15 is 0 Å². The Bertz CT molecular complexity index is 474. The van der Waals surface area contributed by atoms with Crippen LogP contribution in [0.15, 0.2) is 16.7 Å². The lowest BCUT2D eigenvalue weighted by Crippen LogP contribution is -2.39. The second-order valence-electron chi connectivity index (χ2n) is 5.66. The molecule has 1 amide bonds. The van der Waals surface area contributed by atoms with Gasteiger partial charge in [-0.2, -0.15) is 0 Å². The van der Waals surface area contributed by atoms with E-state index in [0.717, 1.165) is 48.7 Å². The first kappa shape index (κ1) is 13.2. The number of hydrogen-bond donors (Lipinski definition) is 2. The predicted octanol–water partition coefficient (Wildman–Crippen LogP) is 2.62. The van der Waals surface area contributed by atoms with Crippen LogP contribution in [0.5, 0.6) is 0 Å². The molecule has 0 aromatic carbocycles. The molecule has 1 aromatic heterocycles. The van der Waals surface area contributed by atoms with Crippen LogP contribution in [-0.2, 0) is 0 Å². The summed E-state index contributed by atoms with van der Waals surface area (Å²) in [5, 5.41) is 12.6. The van der Waals surface area contributed by atoms with E-state index in [1.165, 1.54) is 0 Å². The van der Waals surface area contributed by atoms with Gasteiger partial charge in [-0.05, 0) is 60.5 Å². The first-order chi connectivity index (χ1) is 9.13. The van der Waals surface area contributed by atoms with Crippen LogP contribution >= 0.6 is 15.9 Å². The fourth-order valence-electron chi connectivity index (χ4n) is 2.76. The van der Waals surface area contributed by atoms with E-state index < -0.39 is 0 Å². The summed E-state index contributed by atoms with van der Waals surface area (Å²) in [5.74, 6) is 0.0130. The lowest BCUT2D eigenvalue weighted by molar-refractivity contribution is 0.0859. The zero-order valence-corrected chi connectivity index (χ0v) is 12.4. The zero-order chi connectivity index (χ0) is 13.4. The maximum Gasteiger partial charge on any atom is 0.268 e. The third-order valence-electron chi connectivity index (χ3n) is 4.02. The van der Waals surface area contributed by atoms with Gasteiger partial charge in [0.2, 0.25) is 0 Å². The number of nitrogens with zero attached hydrogens (tertiary/aromatic N) is 1. The monoisotopic (exact) mass is 326 g/mol. The number of carbonyl (C=O) groups excluding carboxylic acids is 1. The maximum atomic E-state index is 12.3. The van der Waals surface area contributed by atoms with Crippen LogP contribution in [0.3, 0.4) is 0 Å². The van der Waals surface area contributed by atoms with Gasteiger partial charge in [-0.25, -0.2) is 0 Å². The Morgan fingerprint density at radius 2 is 1.95 bits per heavy atom. The smallest absolute Gasteiger partial charge is 0.268 e. The molecule has 4 nitrogen and oxygen atoms in total. The fraction of sp³-hybridized carbons (Fsp3) is 0.643. The highest BCUT2D eigenvalue weighted by Crippen LogP contribution is 2.37. The van der Waals surface area contributed by atoms with Crippen molar-refractivity contribution in [2.45, 2.75) is 56.7 Å². The summed E-state index contributed by atoms with van der Waals surface area (Å²) >= 11 is 3.45. The van der Waals surface area contributed by atoms with Gasteiger partial charge in [0.1, 0.15) is 5.69 Å². The molecule has 3 rings (SSSR count). The van der Waals surface area contributed by atoms with Crippen molar-refractivity contribution in [2.75, 3.05) is 0 Å². The SMILES string of the molecule is O=C(NC1CCC(O)CC1)c1cc(Br)cn1C1CC1. The minimum absolute atomic E-state index is 0.0130. The topological polar surface area (TPSA) is 54.3 Å². The minimum Gasteiger partial charge on any atom is -0.393 e. The summed E-state index contributed by atoms with van der Waals surface area (Å²) in [6, 6.07) is 2.60. The van der Waals surface area contributed by atoms with Gasteiger partial charge in [-0.3, -0.25) is 4.79 Å². The summed E-state index contributed by atoms with van der Waals surface area (Å²) in [6.45, 7) is 0. The summed E-state index contributed by atoms with van der Waals surface area (Å²) in [6.07, 6.45) is 7.47. The van der Waals surface area contributed by atoms with Crippen LogP contribution < -0.4 is 5.32 Å². The summed E-state index contributed by atoms with van der Waals surface area (Å²) < 4.78 is 3.04. The molecule has 2 aliphatic carbocycles. The maximum absolute atomic E-state index is 12.3. The molecule has 0 saturated heterocycles. The molecule has 5 heteroatoms. The van der Waals surface area contributed by atoms with Crippen LogP contribution in [0.25, 0.3) is 0 Å². The number of halogens is 1. The van der Waals surface area contributed by atoms with E-state index in [1.54, 1.807) is 0 Å². The van der Waals surface area contributed by atoms with Crippen LogP contribution in [0, 0.1) is 0 Å². The van der Waals surface area contributed by atoms with Gasteiger partial charge < -0.3 is 15.0 Å². The minimum atomic E-state index is -0.183. The molecule has 2 aliphatic rings. The molecule has 0 bridgehead atoms. The number of aliphatic hydroxyl groups excluding tert-OH is 1. The van der Waals surface area contributed by atoms with Gasteiger partial charge in [-0.15, -0.1) is 0 Å². The third kappa shape index (κ3) is 3.03. The Morgan fingerprint density at radius 1 is 1.26 bits per heavy atom. The lowest BCUT2D eigenvalue weighted by atomic mass is 9.93. The van der Waals surface area contributed by atoms with Crippen molar-refractivity contribution in [3.8, 4) is 0 Å². The summed E-state index contributed by atoms with van der Waals surface area (Å²) in [4.78, 5) is 12.3. The third-order valence-corrected chi connectivity index (χ3v) is 4.45. The summed E-state index contributed by atoms with van der Waals surface area (Å²) in [7, 11) is 0. The molecule has 2 fully saturated rings. The standard InChI is InChI=1S/C14H19BrN2O2/c15-9-7-13(17(8-9)11-3-4-11)14(19)16-10-1-5-12(18)6-2-10/h7-8,10-12,18H,1-6H2,(H,16,19). The van der Waals surface area contributed by atoms with Crippen LogP contribution in [0.1, 0.15) is 55.1 Å². The van der Waals surface area contributed by atoms with Gasteiger partial charge in [0.15, 0.2) is 0 Å². The number of carbonyl (C=O) groups is 1. The molecule has 1 heterocycles. The molecule has 2 N–H and O–H groups in total. The number of rotatable bonds is 3. The number of aliphatic hydroxyl groups is 1. The van der Waals surface area contributed by atoms with Gasteiger partial charge in [0, 0.05) is 22.8 Å². The highest BCUT2D eigenvalue weighted by atomic mass is 79.9. The van der Waals surface area contributed by atoms with Crippen LogP contribution in [0.4, 0.5) is 0 Å². The number of hydrogen-bond acceptors (Lipinski definition) is 2. The van der Waals surface area contributed by atoms with E-state index in [0.29, 0.717) is 6.04 Å². The molecule has 0 atom stereocenters. The van der Waals surface area contributed by atoms with Gasteiger partial charge in [0.25, 0.3) is 5.91 Å². The summed E-state index contributed by atoms with van der Waals surface area (Å²) in [5.41, 5.74) is 0.750. The van der Waals surface area contributed by atoms with E-state index in [2.05, 4.69) is 25.8 Å². The van der Waals surface area contributed by atoms with Gasteiger partial charge in [0.05, 0.1) is 6.10 Å². The van der Waals surface area contributed by atoms with Crippen molar-refractivity contribution in [1.82, 2.24) is 9.88 Å². The quantitative estimate of drug-likeness (QED) is 0.897. The molecule has 0 radical (unpaired) electrons. The van der Waals surface area contributed by atoms with Crippen LogP contribution in [0.2, 0.25) is 0 Å². The van der Waals surface area contributed by atoms with Crippen molar-refractivity contribution in [3.63, 3.8) is 0 Å². The molecular formula is C14H19BrN2O2. The predicted molar refractivity (Wildman–Crippen MR) is 76.1 cm³/mol. The molecule has 0 unspecified atom stereocenters. The van der Waals surface area contributed by atoms with Crippen molar-refractivity contribution in [3.05, 3.63) is 22.4 Å².